The molecule has 0 spiro atoms. The van der Waals surface area contributed by atoms with Crippen LogP contribution in [0.3, 0.4) is 0 Å². The van der Waals surface area contributed by atoms with Crippen molar-refractivity contribution >= 4 is 6.09 Å². The molecule has 1 fully saturated rings. The van der Waals surface area contributed by atoms with E-state index in [1.807, 2.05) is 20.8 Å². The first kappa shape index (κ1) is 11.3. The lowest BCUT2D eigenvalue weighted by Gasteiger charge is -2.43. The molecule has 82 valence electrons. The topological polar surface area (TPSA) is 69.6 Å². The van der Waals surface area contributed by atoms with Gasteiger partial charge in [-0.15, -0.1) is 0 Å². The molecule has 0 aromatic carbocycles. The molecule has 1 aliphatic rings. The zero-order valence-corrected chi connectivity index (χ0v) is 8.95. The fourth-order valence-corrected chi connectivity index (χ4v) is 2.08. The lowest BCUT2D eigenvalue weighted by atomic mass is 9.68. The fourth-order valence-electron chi connectivity index (χ4n) is 2.08. The zero-order chi connectivity index (χ0) is 10.9. The number of aliphatic hydroxyl groups excluding tert-OH is 1. The lowest BCUT2D eigenvalue weighted by Crippen LogP contribution is -2.53. The molecule has 1 aliphatic carbocycles. The van der Waals surface area contributed by atoms with Gasteiger partial charge in [-0.1, -0.05) is 20.8 Å². The fraction of sp³-hybridized carbons (Fsp3) is 0.900. The first-order valence-electron chi connectivity index (χ1n) is 4.98. The third kappa shape index (κ3) is 2.61. The van der Waals surface area contributed by atoms with E-state index in [9.17, 15) is 9.90 Å². The van der Waals surface area contributed by atoms with Crippen molar-refractivity contribution in [3.8, 4) is 0 Å². The molecule has 1 unspecified atom stereocenters. The van der Waals surface area contributed by atoms with Gasteiger partial charge >= 0.3 is 6.09 Å². The molecule has 0 saturated heterocycles. The highest BCUT2D eigenvalue weighted by atomic mass is 16.4. The van der Waals surface area contributed by atoms with Gasteiger partial charge in [0, 0.05) is 6.04 Å². The average Bonchev–Trinajstić information content (AvgIpc) is 1.92. The van der Waals surface area contributed by atoms with Gasteiger partial charge in [0.2, 0.25) is 0 Å². The third-order valence-corrected chi connectivity index (χ3v) is 2.83. The van der Waals surface area contributed by atoms with Gasteiger partial charge in [-0.2, -0.15) is 0 Å². The van der Waals surface area contributed by atoms with E-state index in [0.717, 1.165) is 0 Å². The minimum Gasteiger partial charge on any atom is -0.465 e. The Morgan fingerprint density at radius 3 is 2.21 bits per heavy atom. The molecule has 0 aromatic heterocycles. The van der Waals surface area contributed by atoms with Crippen LogP contribution in [0.1, 0.15) is 33.6 Å². The Balaban J connectivity index is 2.58. The molecule has 1 atom stereocenters. The molecule has 4 nitrogen and oxygen atoms in total. The second-order valence-electron chi connectivity index (χ2n) is 5.18. The number of carbonyl (C=O) groups is 1. The minimum absolute atomic E-state index is 0.0663. The first-order chi connectivity index (χ1) is 6.30. The molecule has 1 rings (SSSR count). The van der Waals surface area contributed by atoms with Crippen LogP contribution in [0.4, 0.5) is 4.79 Å². The highest BCUT2D eigenvalue weighted by Crippen LogP contribution is 2.37. The zero-order valence-electron chi connectivity index (χ0n) is 8.95. The van der Waals surface area contributed by atoms with Crippen LogP contribution in [0, 0.1) is 11.3 Å². The number of nitrogens with one attached hydrogen (secondary N) is 1. The molecule has 1 amide bonds. The summed E-state index contributed by atoms with van der Waals surface area (Å²) < 4.78 is 0. The number of carboxylic acid groups (broad SMARTS) is 1. The Hall–Kier alpha value is -0.770. The van der Waals surface area contributed by atoms with Crippen LogP contribution in [0.25, 0.3) is 0 Å². The molecule has 3 N–H and O–H groups in total. The SMILES string of the molecule is CC(C)(C)C(NC(=O)O)[C@H]1C[C@@H](O)C1. The Bertz CT molecular complexity index is 216. The highest BCUT2D eigenvalue weighted by Gasteiger charge is 2.40. The lowest BCUT2D eigenvalue weighted by molar-refractivity contribution is 0.00239. The first-order valence-corrected chi connectivity index (χ1v) is 4.98. The largest absolute Gasteiger partial charge is 0.465 e. The summed E-state index contributed by atoms with van der Waals surface area (Å²) >= 11 is 0. The van der Waals surface area contributed by atoms with Crippen molar-refractivity contribution in [2.75, 3.05) is 0 Å². The summed E-state index contributed by atoms with van der Waals surface area (Å²) in [6, 6.07) is -0.0663. The molecule has 0 heterocycles. The number of hydrogen-bond acceptors (Lipinski definition) is 2. The maximum Gasteiger partial charge on any atom is 0.404 e. The monoisotopic (exact) mass is 201 g/mol. The van der Waals surface area contributed by atoms with Crippen molar-refractivity contribution in [2.24, 2.45) is 11.3 Å². The van der Waals surface area contributed by atoms with E-state index in [1.54, 1.807) is 0 Å². The summed E-state index contributed by atoms with van der Waals surface area (Å²) in [4.78, 5) is 10.6. The molecule has 0 bridgehead atoms. The van der Waals surface area contributed by atoms with E-state index in [1.165, 1.54) is 0 Å². The second kappa shape index (κ2) is 3.77. The van der Waals surface area contributed by atoms with Crippen LogP contribution >= 0.6 is 0 Å². The van der Waals surface area contributed by atoms with Crippen molar-refractivity contribution < 1.29 is 15.0 Å². The van der Waals surface area contributed by atoms with E-state index >= 15 is 0 Å². The molecule has 1 saturated carbocycles. The summed E-state index contributed by atoms with van der Waals surface area (Å²) in [5, 5.41) is 20.4. The van der Waals surface area contributed by atoms with Gasteiger partial charge in [0.25, 0.3) is 0 Å². The standard InChI is InChI=1S/C10H19NO3/c1-10(2,3)8(11-9(13)14)6-4-7(12)5-6/h6-8,11-12H,4-5H2,1-3H3,(H,13,14)/t6-,7+,8?. The molecular weight excluding hydrogens is 182 g/mol. The Kier molecular flexibility index (Phi) is 3.04. The smallest absolute Gasteiger partial charge is 0.404 e. The summed E-state index contributed by atoms with van der Waals surface area (Å²) in [6.45, 7) is 6.04. The molecule has 14 heavy (non-hydrogen) atoms. The quantitative estimate of drug-likeness (QED) is 0.633. The number of aliphatic hydroxyl groups is 1. The number of amides is 1. The van der Waals surface area contributed by atoms with Gasteiger partial charge in [-0.3, -0.25) is 0 Å². The molecule has 0 radical (unpaired) electrons. The van der Waals surface area contributed by atoms with Gasteiger partial charge in [0.05, 0.1) is 6.10 Å². The van der Waals surface area contributed by atoms with Crippen LogP contribution in [-0.4, -0.2) is 28.5 Å². The summed E-state index contributed by atoms with van der Waals surface area (Å²) in [7, 11) is 0. The van der Waals surface area contributed by atoms with Crippen molar-refractivity contribution in [2.45, 2.75) is 45.8 Å². The second-order valence-corrected chi connectivity index (χ2v) is 5.18. The number of hydrogen-bond donors (Lipinski definition) is 3. The van der Waals surface area contributed by atoms with Crippen LogP contribution in [-0.2, 0) is 0 Å². The van der Waals surface area contributed by atoms with E-state index in [-0.39, 0.29) is 23.5 Å². The van der Waals surface area contributed by atoms with E-state index in [0.29, 0.717) is 12.8 Å². The van der Waals surface area contributed by atoms with Crippen LogP contribution in [0.5, 0.6) is 0 Å². The van der Waals surface area contributed by atoms with E-state index in [2.05, 4.69) is 5.32 Å². The maximum absolute atomic E-state index is 10.6. The average molecular weight is 201 g/mol. The molecule has 0 aromatic rings. The third-order valence-electron chi connectivity index (χ3n) is 2.83. The Morgan fingerprint density at radius 1 is 1.43 bits per heavy atom. The van der Waals surface area contributed by atoms with Crippen LogP contribution in [0.2, 0.25) is 0 Å². The van der Waals surface area contributed by atoms with Crippen molar-refractivity contribution in [3.05, 3.63) is 0 Å². The van der Waals surface area contributed by atoms with Gasteiger partial charge in [0.1, 0.15) is 0 Å². The van der Waals surface area contributed by atoms with Gasteiger partial charge in [-0.05, 0) is 24.2 Å². The summed E-state index contributed by atoms with van der Waals surface area (Å²) in [5.74, 6) is 0.279. The molecule has 0 aliphatic heterocycles. The predicted octanol–water partition coefficient (Wildman–Crippen LogP) is 1.44. The van der Waals surface area contributed by atoms with E-state index in [4.69, 9.17) is 5.11 Å². The van der Waals surface area contributed by atoms with Gasteiger partial charge in [-0.25, -0.2) is 4.79 Å². The van der Waals surface area contributed by atoms with Crippen LogP contribution in [0.15, 0.2) is 0 Å². The van der Waals surface area contributed by atoms with Gasteiger partial charge in [0.15, 0.2) is 0 Å². The summed E-state index contributed by atoms with van der Waals surface area (Å²) in [5.41, 5.74) is -0.0941. The Morgan fingerprint density at radius 2 is 1.93 bits per heavy atom. The normalized spacial score (nSPS) is 29.1. The van der Waals surface area contributed by atoms with Crippen molar-refractivity contribution in [1.82, 2.24) is 5.32 Å². The van der Waals surface area contributed by atoms with E-state index < -0.39 is 6.09 Å². The van der Waals surface area contributed by atoms with Crippen LogP contribution < -0.4 is 5.32 Å². The predicted molar refractivity (Wildman–Crippen MR) is 53.1 cm³/mol. The summed E-state index contributed by atoms with van der Waals surface area (Å²) in [6.07, 6.45) is 0.205. The maximum atomic E-state index is 10.6. The van der Waals surface area contributed by atoms with Gasteiger partial charge < -0.3 is 15.5 Å². The molecular formula is C10H19NO3. The number of rotatable bonds is 2. The highest BCUT2D eigenvalue weighted by molar-refractivity contribution is 5.65. The Labute approximate surface area is 84.3 Å². The van der Waals surface area contributed by atoms with Crippen molar-refractivity contribution in [3.63, 3.8) is 0 Å². The van der Waals surface area contributed by atoms with Crippen molar-refractivity contribution in [1.29, 1.82) is 0 Å². The minimum atomic E-state index is -0.980. The molecule has 4 heteroatoms.